The molecule has 0 aliphatic heterocycles. The summed E-state index contributed by atoms with van der Waals surface area (Å²) in [7, 11) is 5.44. The van der Waals surface area contributed by atoms with Crippen molar-refractivity contribution >= 4 is 11.6 Å². The Morgan fingerprint density at radius 2 is 2.00 bits per heavy atom. The highest BCUT2D eigenvalue weighted by atomic mass is 16.2. The van der Waals surface area contributed by atoms with Crippen molar-refractivity contribution in [1.82, 2.24) is 9.88 Å². The van der Waals surface area contributed by atoms with Gasteiger partial charge in [0.2, 0.25) is 0 Å². The van der Waals surface area contributed by atoms with Gasteiger partial charge in [-0.2, -0.15) is 0 Å². The molecule has 1 aromatic rings. The van der Waals surface area contributed by atoms with Crippen LogP contribution < -0.4 is 10.6 Å². The van der Waals surface area contributed by atoms with Gasteiger partial charge >= 0.3 is 0 Å². The van der Waals surface area contributed by atoms with Gasteiger partial charge < -0.3 is 15.5 Å². The number of nitrogens with two attached hydrogens (primary N) is 1. The van der Waals surface area contributed by atoms with Gasteiger partial charge in [0, 0.05) is 39.6 Å². The maximum absolute atomic E-state index is 11.9. The predicted octanol–water partition coefficient (Wildman–Crippen LogP) is 1.20. The molecule has 0 atom stereocenters. The number of aromatic nitrogens is 1. The van der Waals surface area contributed by atoms with E-state index in [1.54, 1.807) is 20.3 Å². The number of carbonyl (C=O) groups excluding carboxylic acids is 1. The summed E-state index contributed by atoms with van der Waals surface area (Å²) < 4.78 is 0. The highest BCUT2D eigenvalue weighted by Gasteiger charge is 2.19. The summed E-state index contributed by atoms with van der Waals surface area (Å²) in [5, 5.41) is 0. The molecule has 0 aliphatic carbocycles. The molecule has 5 nitrogen and oxygen atoms in total. The van der Waals surface area contributed by atoms with Crippen LogP contribution in [0.3, 0.4) is 0 Å². The van der Waals surface area contributed by atoms with E-state index in [2.05, 4.69) is 23.7 Å². The highest BCUT2D eigenvalue weighted by molar-refractivity contribution is 5.92. The number of hydrogen-bond donors (Lipinski definition) is 1. The van der Waals surface area contributed by atoms with E-state index in [1.165, 1.54) is 4.90 Å². The van der Waals surface area contributed by atoms with Crippen molar-refractivity contribution < 1.29 is 4.79 Å². The van der Waals surface area contributed by atoms with E-state index in [0.29, 0.717) is 12.2 Å². The fourth-order valence-corrected chi connectivity index (χ4v) is 1.80. The van der Waals surface area contributed by atoms with Gasteiger partial charge in [0.1, 0.15) is 5.69 Å². The second kappa shape index (κ2) is 6.02. The van der Waals surface area contributed by atoms with Gasteiger partial charge in [-0.15, -0.1) is 0 Å². The molecule has 1 amide bonds. The molecule has 106 valence electrons. The molecule has 0 bridgehead atoms. The Morgan fingerprint density at radius 1 is 1.37 bits per heavy atom. The first-order chi connectivity index (χ1) is 8.76. The number of hydrogen-bond acceptors (Lipinski definition) is 4. The molecule has 0 saturated heterocycles. The van der Waals surface area contributed by atoms with Crippen molar-refractivity contribution in [3.63, 3.8) is 0 Å². The lowest BCUT2D eigenvalue weighted by Crippen LogP contribution is -2.36. The number of amides is 1. The van der Waals surface area contributed by atoms with Crippen molar-refractivity contribution in [1.29, 1.82) is 0 Å². The minimum absolute atomic E-state index is 0.0315. The first-order valence-electron chi connectivity index (χ1n) is 6.36. The van der Waals surface area contributed by atoms with Crippen LogP contribution in [-0.4, -0.2) is 50.0 Å². The van der Waals surface area contributed by atoms with Crippen LogP contribution in [0.15, 0.2) is 18.3 Å². The van der Waals surface area contributed by atoms with E-state index in [-0.39, 0.29) is 11.3 Å². The third kappa shape index (κ3) is 4.21. The minimum atomic E-state index is -0.0895. The van der Waals surface area contributed by atoms with Crippen molar-refractivity contribution in [2.75, 3.05) is 39.1 Å². The number of pyridine rings is 1. The van der Waals surface area contributed by atoms with Crippen molar-refractivity contribution in [3.05, 3.63) is 24.0 Å². The summed E-state index contributed by atoms with van der Waals surface area (Å²) in [6.07, 6.45) is 1.66. The standard InChI is InChI=1S/C14H24N4O/c1-14(2,9-15)10-18(5)11-6-7-16-12(8-11)13(19)17(3)4/h6-8H,9-10,15H2,1-5H3. The Kier molecular flexibility index (Phi) is 4.89. The monoisotopic (exact) mass is 264 g/mol. The van der Waals surface area contributed by atoms with Crippen LogP contribution in [0.2, 0.25) is 0 Å². The first kappa shape index (κ1) is 15.4. The van der Waals surface area contributed by atoms with Gasteiger partial charge in [-0.1, -0.05) is 13.8 Å². The van der Waals surface area contributed by atoms with Gasteiger partial charge in [0.05, 0.1) is 0 Å². The lowest BCUT2D eigenvalue weighted by molar-refractivity contribution is 0.0822. The molecule has 1 heterocycles. The molecule has 19 heavy (non-hydrogen) atoms. The fourth-order valence-electron chi connectivity index (χ4n) is 1.80. The molecule has 0 aromatic carbocycles. The van der Waals surface area contributed by atoms with Crippen LogP contribution in [0.5, 0.6) is 0 Å². The molecule has 1 aromatic heterocycles. The van der Waals surface area contributed by atoms with E-state index in [9.17, 15) is 4.79 Å². The first-order valence-corrected chi connectivity index (χ1v) is 6.36. The van der Waals surface area contributed by atoms with Gasteiger partial charge in [0.25, 0.3) is 5.91 Å². The summed E-state index contributed by atoms with van der Waals surface area (Å²) in [5.74, 6) is -0.0895. The highest BCUT2D eigenvalue weighted by Crippen LogP contribution is 2.20. The van der Waals surface area contributed by atoms with Crippen LogP contribution in [0, 0.1) is 5.41 Å². The maximum atomic E-state index is 11.9. The third-order valence-corrected chi connectivity index (χ3v) is 3.03. The largest absolute Gasteiger partial charge is 0.374 e. The number of anilines is 1. The lowest BCUT2D eigenvalue weighted by atomic mass is 9.93. The fraction of sp³-hybridized carbons (Fsp3) is 0.571. The second-order valence-corrected chi connectivity index (χ2v) is 5.82. The zero-order chi connectivity index (χ0) is 14.6. The molecule has 0 aliphatic rings. The summed E-state index contributed by atoms with van der Waals surface area (Å²) in [5.41, 5.74) is 7.21. The number of carbonyl (C=O) groups is 1. The Bertz CT molecular complexity index is 443. The van der Waals surface area contributed by atoms with Crippen molar-refractivity contribution in [2.45, 2.75) is 13.8 Å². The Morgan fingerprint density at radius 3 is 2.53 bits per heavy atom. The summed E-state index contributed by atoms with van der Waals surface area (Å²) in [4.78, 5) is 19.6. The summed E-state index contributed by atoms with van der Waals surface area (Å²) >= 11 is 0. The van der Waals surface area contributed by atoms with Gasteiger partial charge in [0.15, 0.2) is 0 Å². The molecule has 0 fully saturated rings. The van der Waals surface area contributed by atoms with Crippen LogP contribution in [0.25, 0.3) is 0 Å². The third-order valence-electron chi connectivity index (χ3n) is 3.03. The van der Waals surface area contributed by atoms with Crippen molar-refractivity contribution in [3.8, 4) is 0 Å². The van der Waals surface area contributed by atoms with Gasteiger partial charge in [-0.05, 0) is 24.1 Å². The normalized spacial score (nSPS) is 11.3. The molecule has 0 radical (unpaired) electrons. The van der Waals surface area contributed by atoms with E-state index < -0.39 is 0 Å². The molecular formula is C14H24N4O. The number of rotatable bonds is 5. The van der Waals surface area contributed by atoms with E-state index in [0.717, 1.165) is 12.2 Å². The van der Waals surface area contributed by atoms with Crippen molar-refractivity contribution in [2.24, 2.45) is 11.1 Å². The van der Waals surface area contributed by atoms with E-state index >= 15 is 0 Å². The zero-order valence-corrected chi connectivity index (χ0v) is 12.5. The molecule has 2 N–H and O–H groups in total. The van der Waals surface area contributed by atoms with E-state index in [1.807, 2.05) is 19.2 Å². The predicted molar refractivity (Wildman–Crippen MR) is 78.4 cm³/mol. The molecule has 0 saturated carbocycles. The zero-order valence-electron chi connectivity index (χ0n) is 12.5. The van der Waals surface area contributed by atoms with E-state index in [4.69, 9.17) is 5.73 Å². The number of nitrogens with zero attached hydrogens (tertiary/aromatic N) is 3. The SMILES string of the molecule is CN(C)C(=O)c1cc(N(C)CC(C)(C)CN)ccn1. The van der Waals surface area contributed by atoms with Gasteiger partial charge in [-0.25, -0.2) is 0 Å². The van der Waals surface area contributed by atoms with Gasteiger partial charge in [-0.3, -0.25) is 9.78 Å². The van der Waals surface area contributed by atoms with Crippen LogP contribution in [0.1, 0.15) is 24.3 Å². The van der Waals surface area contributed by atoms with Crippen LogP contribution >= 0.6 is 0 Å². The summed E-state index contributed by atoms with van der Waals surface area (Å²) in [6.45, 7) is 5.68. The maximum Gasteiger partial charge on any atom is 0.272 e. The molecule has 0 spiro atoms. The topological polar surface area (TPSA) is 62.5 Å². The molecule has 5 heteroatoms. The Hall–Kier alpha value is -1.62. The quantitative estimate of drug-likeness (QED) is 0.868. The Labute approximate surface area is 115 Å². The average Bonchev–Trinajstić information content (AvgIpc) is 2.37. The second-order valence-electron chi connectivity index (χ2n) is 5.82. The molecule has 0 unspecified atom stereocenters. The summed E-state index contributed by atoms with van der Waals surface area (Å²) in [6, 6.07) is 3.72. The van der Waals surface area contributed by atoms with Crippen LogP contribution in [-0.2, 0) is 0 Å². The molecule has 1 rings (SSSR count). The smallest absolute Gasteiger partial charge is 0.272 e. The Balaban J connectivity index is 2.90. The minimum Gasteiger partial charge on any atom is -0.374 e. The lowest BCUT2D eigenvalue weighted by Gasteiger charge is -2.30. The average molecular weight is 264 g/mol. The molecular weight excluding hydrogens is 240 g/mol. The van der Waals surface area contributed by atoms with Crippen LogP contribution in [0.4, 0.5) is 5.69 Å².